The number of carbonyl (C=O) groups is 4. The standard InChI is InChI=1S/C32H50N4O10/c1-5-43-28(38)26(18-17-24-14-7-6-8-15-24)34-25(16-9-10-20-33)27(37)32(29(39)44-22-11-12-23-45-36(41)42)19-13-21-35(32)30(40)46-31(2,3)4/h6-8,14-15,25-26,34H,5,9-13,16-23,33H2,1-4H3/t25-,26-,32+/m0/s1. The molecule has 14 heteroatoms. The summed E-state index contributed by atoms with van der Waals surface area (Å²) in [6, 6.07) is 7.68. The minimum atomic E-state index is -2.02. The fourth-order valence-electron chi connectivity index (χ4n) is 5.36. The predicted molar refractivity (Wildman–Crippen MR) is 168 cm³/mol. The highest BCUT2D eigenvalue weighted by Gasteiger charge is 2.59. The first-order valence-corrected chi connectivity index (χ1v) is 16.0. The third-order valence-corrected chi connectivity index (χ3v) is 7.51. The van der Waals surface area contributed by atoms with E-state index in [1.165, 1.54) is 0 Å². The molecule has 2 rings (SSSR count). The zero-order chi connectivity index (χ0) is 34.2. The molecule has 3 N–H and O–H groups in total. The highest BCUT2D eigenvalue weighted by atomic mass is 16.9. The Morgan fingerprint density at radius 3 is 2.35 bits per heavy atom. The number of likely N-dealkylation sites (tertiary alicyclic amines) is 1. The minimum absolute atomic E-state index is 0.00248. The molecule has 1 fully saturated rings. The second-order valence-electron chi connectivity index (χ2n) is 12.2. The van der Waals surface area contributed by atoms with Gasteiger partial charge in [0.15, 0.2) is 5.78 Å². The van der Waals surface area contributed by atoms with Gasteiger partial charge in [0.25, 0.3) is 5.09 Å². The summed E-state index contributed by atoms with van der Waals surface area (Å²) in [5, 5.41) is 12.7. The zero-order valence-electron chi connectivity index (χ0n) is 27.5. The van der Waals surface area contributed by atoms with Crippen molar-refractivity contribution in [1.82, 2.24) is 10.2 Å². The molecule has 0 radical (unpaired) electrons. The maximum atomic E-state index is 14.7. The van der Waals surface area contributed by atoms with Crippen molar-refractivity contribution in [2.45, 2.75) is 109 Å². The number of nitrogens with one attached hydrogen (secondary N) is 1. The van der Waals surface area contributed by atoms with Crippen LogP contribution in [0.2, 0.25) is 0 Å². The Hall–Kier alpha value is -3.78. The number of unbranched alkanes of at least 4 members (excludes halogenated alkanes) is 2. The Morgan fingerprint density at radius 1 is 1.02 bits per heavy atom. The molecule has 1 aliphatic rings. The van der Waals surface area contributed by atoms with E-state index >= 15 is 0 Å². The molecule has 46 heavy (non-hydrogen) atoms. The van der Waals surface area contributed by atoms with Crippen molar-refractivity contribution < 1.29 is 43.3 Å². The summed E-state index contributed by atoms with van der Waals surface area (Å²) in [4.78, 5) is 71.1. The molecule has 0 aromatic heterocycles. The molecule has 1 aromatic rings. The van der Waals surface area contributed by atoms with Gasteiger partial charge in [-0.05, 0) is 91.2 Å². The maximum Gasteiger partial charge on any atom is 0.411 e. The van der Waals surface area contributed by atoms with Crippen LogP contribution in [-0.2, 0) is 39.9 Å². The predicted octanol–water partition coefficient (Wildman–Crippen LogP) is 3.51. The summed E-state index contributed by atoms with van der Waals surface area (Å²) < 4.78 is 16.5. The Morgan fingerprint density at radius 2 is 1.72 bits per heavy atom. The van der Waals surface area contributed by atoms with Crippen LogP contribution in [0.15, 0.2) is 30.3 Å². The third kappa shape index (κ3) is 11.9. The normalized spacial score (nSPS) is 17.5. The lowest BCUT2D eigenvalue weighted by molar-refractivity contribution is -0.757. The van der Waals surface area contributed by atoms with Crippen LogP contribution in [0.5, 0.6) is 0 Å². The maximum absolute atomic E-state index is 14.7. The van der Waals surface area contributed by atoms with Gasteiger partial charge in [-0.3, -0.25) is 19.8 Å². The van der Waals surface area contributed by atoms with Crippen molar-refractivity contribution >= 4 is 23.8 Å². The van der Waals surface area contributed by atoms with E-state index in [2.05, 4.69) is 10.2 Å². The van der Waals surface area contributed by atoms with Gasteiger partial charge >= 0.3 is 18.0 Å². The molecule has 1 saturated heterocycles. The lowest BCUT2D eigenvalue weighted by Gasteiger charge is -2.38. The average Bonchev–Trinajstić information content (AvgIpc) is 3.46. The van der Waals surface area contributed by atoms with Crippen molar-refractivity contribution in [2.75, 3.05) is 32.9 Å². The highest BCUT2D eigenvalue weighted by molar-refractivity contribution is 6.13. The number of amides is 1. The molecule has 0 bridgehead atoms. The summed E-state index contributed by atoms with van der Waals surface area (Å²) in [5.41, 5.74) is 3.83. The van der Waals surface area contributed by atoms with E-state index in [0.29, 0.717) is 38.6 Å². The van der Waals surface area contributed by atoms with Gasteiger partial charge < -0.3 is 24.8 Å². The minimum Gasteiger partial charge on any atom is -0.465 e. The molecule has 1 aliphatic heterocycles. The molecule has 1 heterocycles. The zero-order valence-corrected chi connectivity index (χ0v) is 27.5. The number of ether oxygens (including phenoxy) is 3. The Bertz CT molecular complexity index is 1140. The molecule has 1 amide bonds. The number of aryl methyl sites for hydroxylation is 1. The van der Waals surface area contributed by atoms with Gasteiger partial charge in [-0.1, -0.05) is 36.8 Å². The number of esters is 2. The molecule has 14 nitrogen and oxygen atoms in total. The van der Waals surface area contributed by atoms with E-state index in [-0.39, 0.29) is 52.0 Å². The number of nitrogens with two attached hydrogens (primary N) is 1. The van der Waals surface area contributed by atoms with E-state index in [4.69, 9.17) is 19.9 Å². The molecular weight excluding hydrogens is 600 g/mol. The number of hydrogen-bond donors (Lipinski definition) is 2. The van der Waals surface area contributed by atoms with E-state index < -0.39 is 52.1 Å². The largest absolute Gasteiger partial charge is 0.465 e. The summed E-state index contributed by atoms with van der Waals surface area (Å²) >= 11 is 0. The van der Waals surface area contributed by atoms with Crippen molar-refractivity contribution in [2.24, 2.45) is 5.73 Å². The number of rotatable bonds is 20. The topological polar surface area (TPSA) is 190 Å². The monoisotopic (exact) mass is 650 g/mol. The van der Waals surface area contributed by atoms with Gasteiger partial charge in [0.2, 0.25) is 5.54 Å². The highest BCUT2D eigenvalue weighted by Crippen LogP contribution is 2.35. The van der Waals surface area contributed by atoms with Gasteiger partial charge in [-0.25, -0.2) is 9.59 Å². The number of Topliss-reactive ketones (excluding diaryl/α,β-unsaturated/α-hetero) is 1. The molecule has 1 aromatic carbocycles. The Balaban J connectivity index is 2.43. The van der Waals surface area contributed by atoms with Crippen LogP contribution in [0, 0.1) is 10.1 Å². The van der Waals surface area contributed by atoms with Gasteiger partial charge in [0.1, 0.15) is 11.6 Å². The van der Waals surface area contributed by atoms with E-state index in [1.807, 2.05) is 30.3 Å². The fourth-order valence-corrected chi connectivity index (χ4v) is 5.36. The van der Waals surface area contributed by atoms with Crippen molar-refractivity contribution in [3.05, 3.63) is 46.0 Å². The first-order valence-electron chi connectivity index (χ1n) is 16.0. The van der Waals surface area contributed by atoms with Crippen molar-refractivity contribution in [3.8, 4) is 0 Å². The van der Waals surface area contributed by atoms with E-state index in [9.17, 15) is 29.3 Å². The molecule has 0 unspecified atom stereocenters. The van der Waals surface area contributed by atoms with Crippen LogP contribution in [0.4, 0.5) is 4.79 Å². The Labute approximate surface area is 270 Å². The Kier molecular flexibility index (Phi) is 15.9. The summed E-state index contributed by atoms with van der Waals surface area (Å²) in [5.74, 6) is -2.05. The molecule has 3 atom stereocenters. The molecule has 0 saturated carbocycles. The van der Waals surface area contributed by atoms with Gasteiger partial charge in [0, 0.05) is 6.54 Å². The number of carbonyl (C=O) groups excluding carboxylic acids is 4. The molecule has 0 aliphatic carbocycles. The second-order valence-corrected chi connectivity index (χ2v) is 12.2. The lowest BCUT2D eigenvalue weighted by atomic mass is 9.84. The van der Waals surface area contributed by atoms with E-state index in [1.54, 1.807) is 27.7 Å². The quantitative estimate of drug-likeness (QED) is 0.0522. The molecular formula is C32H50N4O10. The van der Waals surface area contributed by atoms with Crippen LogP contribution in [0.3, 0.4) is 0 Å². The van der Waals surface area contributed by atoms with Gasteiger partial charge in [0.05, 0.1) is 25.9 Å². The van der Waals surface area contributed by atoms with Crippen LogP contribution < -0.4 is 11.1 Å². The summed E-state index contributed by atoms with van der Waals surface area (Å²) in [6.45, 7) is 7.03. The lowest BCUT2D eigenvalue weighted by Crippen LogP contribution is -2.65. The summed E-state index contributed by atoms with van der Waals surface area (Å²) in [7, 11) is 0. The van der Waals surface area contributed by atoms with Gasteiger partial charge in [-0.15, -0.1) is 10.1 Å². The van der Waals surface area contributed by atoms with Gasteiger partial charge in [-0.2, -0.15) is 0 Å². The fraction of sp³-hybridized carbons (Fsp3) is 0.688. The SMILES string of the molecule is CCOC(=O)[C@H](CCc1ccccc1)N[C@@H](CCCCN)C(=O)[C@@]1(C(=O)OCCCCO[N+](=O)[O-])CCCN1C(=O)OC(C)(C)C. The van der Waals surface area contributed by atoms with Crippen molar-refractivity contribution in [1.29, 1.82) is 0 Å². The molecule has 0 spiro atoms. The number of hydrogen-bond acceptors (Lipinski definition) is 12. The number of ketones is 1. The molecule has 258 valence electrons. The number of nitrogens with zero attached hydrogens (tertiary/aromatic N) is 2. The number of benzene rings is 1. The average molecular weight is 651 g/mol. The second kappa shape index (κ2) is 19.0. The first-order chi connectivity index (χ1) is 21.9. The van der Waals surface area contributed by atoms with Crippen LogP contribution in [0.25, 0.3) is 0 Å². The van der Waals surface area contributed by atoms with Crippen molar-refractivity contribution in [3.63, 3.8) is 0 Å². The summed E-state index contributed by atoms with van der Waals surface area (Å²) in [6.07, 6.45) is 2.17. The van der Waals surface area contributed by atoms with Crippen LogP contribution in [-0.4, -0.2) is 89.9 Å². The first kappa shape index (κ1) is 38.4. The van der Waals surface area contributed by atoms with E-state index in [0.717, 1.165) is 10.5 Å². The smallest absolute Gasteiger partial charge is 0.411 e. The third-order valence-electron chi connectivity index (χ3n) is 7.51. The van der Waals surface area contributed by atoms with Crippen LogP contribution >= 0.6 is 0 Å². The van der Waals surface area contributed by atoms with Crippen LogP contribution in [0.1, 0.15) is 84.6 Å².